The summed E-state index contributed by atoms with van der Waals surface area (Å²) in [7, 11) is -3.82. The first kappa shape index (κ1) is 54.0. The van der Waals surface area contributed by atoms with Crippen molar-refractivity contribution >= 4 is 57.0 Å². The van der Waals surface area contributed by atoms with Gasteiger partial charge in [-0.2, -0.15) is 0 Å². The molecule has 0 spiro atoms. The first-order chi connectivity index (χ1) is 28.7. The molecule has 19 nitrogen and oxygen atoms in total. The maximum Gasteiger partial charge on any atom is 0.326 e. The molecule has 2 atom stereocenters. The zero-order chi connectivity index (χ0) is 44.4. The summed E-state index contributed by atoms with van der Waals surface area (Å²) in [4.78, 5) is 82.8. The Morgan fingerprint density at radius 2 is 1.25 bits per heavy atom. The number of unbranched alkanes of at least 4 members (excludes halogenated alkanes) is 12. The first-order valence-electron chi connectivity index (χ1n) is 21.5. The number of Topliss-reactive ketones (excluding diaryl/α,β-unsaturated/α-hetero) is 3. The van der Waals surface area contributed by atoms with Crippen LogP contribution in [0.2, 0.25) is 0 Å². The normalized spacial score (nSPS) is 13.4. The molecule has 7 N–H and O–H groups in total. The van der Waals surface area contributed by atoms with Gasteiger partial charge in [0, 0.05) is 51.6 Å². The second-order valence-corrected chi connectivity index (χ2v) is 17.1. The lowest BCUT2D eigenvalue weighted by atomic mass is 9.94. The number of amidine groups is 1. The number of hydrazone groups is 1. The van der Waals surface area contributed by atoms with Gasteiger partial charge in [-0.25, -0.2) is 18.7 Å². The fraction of sp³-hybridized carbons (Fsp3) is 0.800. The van der Waals surface area contributed by atoms with E-state index in [1.54, 1.807) is 0 Å². The highest BCUT2D eigenvalue weighted by molar-refractivity contribution is 7.90. The number of carboxylic acid groups (broad SMARTS) is 2. The Morgan fingerprint density at radius 1 is 0.650 bits per heavy atom. The van der Waals surface area contributed by atoms with Crippen LogP contribution in [0, 0.1) is 5.92 Å². The number of ketones is 3. The van der Waals surface area contributed by atoms with Crippen molar-refractivity contribution < 1.29 is 61.7 Å². The third-order valence-electron chi connectivity index (χ3n) is 9.77. The molecule has 1 aliphatic rings. The molecule has 0 radical (unpaired) electrons. The molecule has 1 rings (SSSR count). The first-order valence-corrected chi connectivity index (χ1v) is 23.1. The molecule has 0 fully saturated rings. The van der Waals surface area contributed by atoms with Gasteiger partial charge in [0.2, 0.25) is 21.8 Å². The van der Waals surface area contributed by atoms with E-state index in [0.717, 1.165) is 37.9 Å². The number of hydrogen-bond donors (Lipinski definition) is 7. The summed E-state index contributed by atoms with van der Waals surface area (Å²) in [5.74, 6) is -5.09. The highest BCUT2D eigenvalue weighted by Crippen LogP contribution is 2.16. The Balaban J connectivity index is 2.00. The minimum absolute atomic E-state index is 0.00309. The number of hydrazine groups is 2. The molecule has 0 aliphatic carbocycles. The van der Waals surface area contributed by atoms with Gasteiger partial charge in [-0.15, -0.1) is 10.6 Å². The number of carboxylic acids is 2. The van der Waals surface area contributed by atoms with Crippen LogP contribution in [-0.4, -0.2) is 104 Å². The minimum atomic E-state index is -3.82. The monoisotopic (exact) mass is 874 g/mol. The zero-order valence-electron chi connectivity index (χ0n) is 35.4. The van der Waals surface area contributed by atoms with E-state index >= 15 is 0 Å². The second kappa shape index (κ2) is 33.7. The molecule has 1 heterocycles. The van der Waals surface area contributed by atoms with Gasteiger partial charge in [-0.05, 0) is 45.4 Å². The topological polar surface area (TPSA) is 285 Å². The van der Waals surface area contributed by atoms with Gasteiger partial charge in [0.15, 0.2) is 0 Å². The van der Waals surface area contributed by atoms with Gasteiger partial charge in [0.25, 0.3) is 0 Å². The Hall–Kier alpha value is -4.01. The Bertz CT molecular complexity index is 1460. The van der Waals surface area contributed by atoms with Crippen molar-refractivity contribution in [3.05, 3.63) is 0 Å². The maximum absolute atomic E-state index is 12.3. The van der Waals surface area contributed by atoms with Gasteiger partial charge in [0.1, 0.15) is 35.8 Å². The van der Waals surface area contributed by atoms with Crippen molar-refractivity contribution in [2.24, 2.45) is 11.0 Å². The standard InChI is InChI=1S/C40H70N6O13S/c1-31(47)21-22-32(39(52)53)29-34(49)23-24-35(40(54)55)41-38(51)30-59-27-26-58-25-15-17-33(48)18-16-28-60(56,57)44-37(50)20-14-12-10-8-6-4-2-3-5-7-9-11-13-19-36-42-45-46-43-36/h32,35,45-46H,2-30H2,1H3,(H,41,51)(H,42,43)(H,44,50)(H,52,53)(H,54,55)/t32-,35+/m1/s1. The number of nitrogens with one attached hydrogen (secondary N) is 5. The van der Waals surface area contributed by atoms with Crippen LogP contribution < -0.4 is 26.5 Å². The predicted molar refractivity (Wildman–Crippen MR) is 223 cm³/mol. The minimum Gasteiger partial charge on any atom is -0.481 e. The number of aliphatic carboxylic acids is 2. The highest BCUT2D eigenvalue weighted by atomic mass is 32.2. The third kappa shape index (κ3) is 30.9. The highest BCUT2D eigenvalue weighted by Gasteiger charge is 2.25. The Kier molecular flexibility index (Phi) is 30.3. The molecule has 0 bridgehead atoms. The van der Waals surface area contributed by atoms with Crippen LogP contribution in [0.15, 0.2) is 5.10 Å². The van der Waals surface area contributed by atoms with Crippen LogP contribution in [0.4, 0.5) is 0 Å². The number of amides is 2. The van der Waals surface area contributed by atoms with Crippen molar-refractivity contribution in [3.63, 3.8) is 0 Å². The van der Waals surface area contributed by atoms with Crippen molar-refractivity contribution in [1.29, 1.82) is 0 Å². The molecular formula is C40H70N6O13S. The summed E-state index contributed by atoms with van der Waals surface area (Å²) in [5, 5.41) is 25.0. The number of carbonyl (C=O) groups excluding carboxylic acids is 5. The van der Waals surface area contributed by atoms with E-state index < -0.39 is 58.1 Å². The van der Waals surface area contributed by atoms with Gasteiger partial charge in [-0.3, -0.25) is 34.1 Å². The van der Waals surface area contributed by atoms with Crippen molar-refractivity contribution in [2.45, 2.75) is 167 Å². The van der Waals surface area contributed by atoms with Crippen LogP contribution in [0.5, 0.6) is 0 Å². The number of rotatable bonds is 41. The van der Waals surface area contributed by atoms with E-state index in [4.69, 9.17) is 9.47 Å². The van der Waals surface area contributed by atoms with Crippen LogP contribution in [-0.2, 0) is 53.1 Å². The van der Waals surface area contributed by atoms with Crippen molar-refractivity contribution in [2.75, 3.05) is 32.2 Å². The molecule has 0 saturated heterocycles. The maximum atomic E-state index is 12.3. The fourth-order valence-corrected chi connectivity index (χ4v) is 7.42. The molecule has 20 heteroatoms. The number of carbonyl (C=O) groups is 7. The van der Waals surface area contributed by atoms with Crippen LogP contribution in [0.1, 0.15) is 161 Å². The molecular weight excluding hydrogens is 805 g/mol. The zero-order valence-corrected chi connectivity index (χ0v) is 36.2. The molecule has 0 aromatic rings. The van der Waals surface area contributed by atoms with Crippen LogP contribution in [0.3, 0.4) is 0 Å². The lowest BCUT2D eigenvalue weighted by Crippen LogP contribution is -2.42. The third-order valence-corrected chi connectivity index (χ3v) is 11.1. The van der Waals surface area contributed by atoms with Crippen LogP contribution in [0.25, 0.3) is 0 Å². The molecule has 60 heavy (non-hydrogen) atoms. The molecule has 2 amide bonds. The summed E-state index contributed by atoms with van der Waals surface area (Å²) >= 11 is 0. The number of nitrogens with zero attached hydrogens (tertiary/aromatic N) is 1. The van der Waals surface area contributed by atoms with Gasteiger partial charge in [0.05, 0.1) is 24.9 Å². The predicted octanol–water partition coefficient (Wildman–Crippen LogP) is 3.75. The molecule has 0 unspecified atom stereocenters. The molecule has 1 aliphatic heterocycles. The van der Waals surface area contributed by atoms with E-state index in [1.807, 2.05) is 0 Å². The smallest absolute Gasteiger partial charge is 0.326 e. The van der Waals surface area contributed by atoms with E-state index in [9.17, 15) is 52.2 Å². The number of ether oxygens (including phenoxy) is 2. The number of hydrogen-bond acceptors (Lipinski definition) is 15. The van der Waals surface area contributed by atoms with E-state index in [-0.39, 0.29) is 94.9 Å². The van der Waals surface area contributed by atoms with E-state index in [1.165, 1.54) is 58.3 Å². The van der Waals surface area contributed by atoms with Crippen LogP contribution >= 0.6 is 0 Å². The largest absolute Gasteiger partial charge is 0.481 e. The summed E-state index contributed by atoms with van der Waals surface area (Å²) < 4.78 is 37.3. The van der Waals surface area contributed by atoms with Gasteiger partial charge >= 0.3 is 11.9 Å². The fourth-order valence-electron chi connectivity index (χ4n) is 6.35. The summed E-state index contributed by atoms with van der Waals surface area (Å²) in [5.41, 5.74) is 8.36. The molecule has 0 aromatic carbocycles. The average molecular weight is 875 g/mol. The van der Waals surface area contributed by atoms with E-state index in [0.29, 0.717) is 12.8 Å². The summed E-state index contributed by atoms with van der Waals surface area (Å²) in [6.07, 6.45) is 15.6. The summed E-state index contributed by atoms with van der Waals surface area (Å²) in [6.45, 7) is 1.17. The SMILES string of the molecule is CC(=O)CC[C@H](CC(=O)CC[C@H](NC(=O)COCCOCCCC(=O)CCCS(=O)(=O)NC(=O)CCCCCCCCCCCCCCCC1=NNNN1)C(=O)O)C(=O)O. The van der Waals surface area contributed by atoms with E-state index in [2.05, 4.69) is 31.6 Å². The quantitative estimate of drug-likeness (QED) is 0.0431. The molecule has 344 valence electrons. The second-order valence-electron chi connectivity index (χ2n) is 15.3. The molecule has 0 saturated carbocycles. The van der Waals surface area contributed by atoms with Crippen molar-refractivity contribution in [1.82, 2.24) is 26.5 Å². The van der Waals surface area contributed by atoms with Gasteiger partial charge in [-0.1, -0.05) is 70.6 Å². The lowest BCUT2D eigenvalue weighted by Gasteiger charge is -2.15. The Labute approximate surface area is 354 Å². The number of sulfonamides is 1. The lowest BCUT2D eigenvalue weighted by molar-refractivity contribution is -0.145. The van der Waals surface area contributed by atoms with Gasteiger partial charge < -0.3 is 29.8 Å². The molecule has 0 aromatic heterocycles. The Morgan fingerprint density at radius 3 is 1.83 bits per heavy atom. The van der Waals surface area contributed by atoms with Crippen molar-refractivity contribution in [3.8, 4) is 0 Å². The summed E-state index contributed by atoms with van der Waals surface area (Å²) in [6, 6.07) is -1.39. The average Bonchev–Trinajstić information content (AvgIpc) is 3.70.